The molecule has 3 heterocycles. The molecule has 0 bridgehead atoms. The summed E-state index contributed by atoms with van der Waals surface area (Å²) in [5.41, 5.74) is 15.7. The average Bonchev–Trinajstić information content (AvgIpc) is 3.88. The summed E-state index contributed by atoms with van der Waals surface area (Å²) in [4.78, 5) is 15.5. The molecule has 3 aromatic heterocycles. The van der Waals surface area contributed by atoms with Gasteiger partial charge in [-0.3, -0.25) is 0 Å². The molecule has 1 aliphatic carbocycles. The van der Waals surface area contributed by atoms with Crippen molar-refractivity contribution in [2.24, 2.45) is 0 Å². The Labute approximate surface area is 366 Å². The second kappa shape index (κ2) is 15.1. The Bertz CT molecular complexity index is 3360. The number of allylic oxidation sites excluding steroid dienone is 1. The van der Waals surface area contributed by atoms with E-state index >= 15 is 0 Å². The Balaban J connectivity index is 1.16. The summed E-state index contributed by atoms with van der Waals surface area (Å²) in [7, 11) is 0. The molecule has 0 fully saturated rings. The molecular weight excluding hydrogens is 767 g/mol. The van der Waals surface area contributed by atoms with Crippen LogP contribution >= 0.6 is 0 Å². The summed E-state index contributed by atoms with van der Waals surface area (Å²) in [5, 5.41) is 3.74. The van der Waals surface area contributed by atoms with Crippen molar-refractivity contribution in [3.05, 3.63) is 218 Å². The lowest BCUT2D eigenvalue weighted by Gasteiger charge is -2.25. The highest BCUT2D eigenvalue weighted by Gasteiger charge is 2.28. The quantitative estimate of drug-likeness (QED) is 0.161. The van der Waals surface area contributed by atoms with Gasteiger partial charge in [0.1, 0.15) is 0 Å². The molecule has 5 heteroatoms. The van der Waals surface area contributed by atoms with Gasteiger partial charge >= 0.3 is 0 Å². The fourth-order valence-corrected chi connectivity index (χ4v) is 9.68. The first-order valence-corrected chi connectivity index (χ1v) is 21.7. The first-order chi connectivity index (χ1) is 31.2. The van der Waals surface area contributed by atoms with E-state index in [-0.39, 0.29) is 5.92 Å². The summed E-state index contributed by atoms with van der Waals surface area (Å²) in [6, 6.07) is 71.1. The van der Waals surface area contributed by atoms with E-state index in [1.807, 2.05) is 36.4 Å². The van der Waals surface area contributed by atoms with Crippen molar-refractivity contribution in [1.82, 2.24) is 24.1 Å². The van der Waals surface area contributed by atoms with E-state index < -0.39 is 0 Å². The van der Waals surface area contributed by atoms with Gasteiger partial charge in [0.15, 0.2) is 17.5 Å². The average molecular weight is 808 g/mol. The lowest BCUT2D eigenvalue weighted by Crippen LogP contribution is -2.10. The number of aromatic nitrogens is 5. The highest BCUT2D eigenvalue weighted by atomic mass is 15.0. The number of fused-ring (bicyclic) bond motifs is 6. The number of nitrogens with zero attached hydrogens (tertiary/aromatic N) is 5. The third-order valence-electron chi connectivity index (χ3n) is 12.6. The molecule has 0 amide bonds. The third-order valence-corrected chi connectivity index (χ3v) is 12.6. The van der Waals surface area contributed by atoms with Gasteiger partial charge in [-0.15, -0.1) is 0 Å². The number of benzene rings is 8. The minimum atomic E-state index is 0.270. The van der Waals surface area contributed by atoms with E-state index in [0.29, 0.717) is 17.5 Å². The van der Waals surface area contributed by atoms with E-state index in [9.17, 15) is 0 Å². The molecule has 0 saturated heterocycles. The van der Waals surface area contributed by atoms with Crippen molar-refractivity contribution in [2.75, 3.05) is 0 Å². The lowest BCUT2D eigenvalue weighted by molar-refractivity contribution is 0.724. The van der Waals surface area contributed by atoms with Crippen LogP contribution in [0.5, 0.6) is 0 Å². The van der Waals surface area contributed by atoms with Crippen molar-refractivity contribution in [3.63, 3.8) is 0 Å². The molecule has 298 valence electrons. The molecule has 11 aromatic rings. The molecule has 0 aliphatic heterocycles. The summed E-state index contributed by atoms with van der Waals surface area (Å²) in [5.74, 6) is 2.16. The van der Waals surface area contributed by atoms with Crippen LogP contribution < -0.4 is 0 Å². The van der Waals surface area contributed by atoms with Crippen molar-refractivity contribution in [1.29, 1.82) is 0 Å². The molecule has 1 atom stereocenters. The first kappa shape index (κ1) is 36.7. The second-order valence-electron chi connectivity index (χ2n) is 16.4. The SMILES string of the molecule is CC1CC=Cc2c1n(-c1c(-c3ccccc3)cc(-c3nc(-c4ccccc4)nc(-c4ccccc4)n3)cc1-c1ccccc1)c1ccc(-n3c4ccccc4c4ccccc43)cc21. The van der Waals surface area contributed by atoms with Crippen molar-refractivity contribution in [3.8, 4) is 67.8 Å². The Morgan fingerprint density at radius 1 is 0.413 bits per heavy atom. The van der Waals surface area contributed by atoms with Gasteiger partial charge in [-0.05, 0) is 60.0 Å². The molecule has 1 unspecified atom stereocenters. The van der Waals surface area contributed by atoms with Gasteiger partial charge in [0.2, 0.25) is 0 Å². The molecule has 0 spiro atoms. The summed E-state index contributed by atoms with van der Waals surface area (Å²) < 4.78 is 4.99. The Morgan fingerprint density at radius 3 is 1.38 bits per heavy atom. The zero-order chi connectivity index (χ0) is 41.9. The van der Waals surface area contributed by atoms with E-state index in [4.69, 9.17) is 15.0 Å². The molecule has 1 aliphatic rings. The van der Waals surface area contributed by atoms with Gasteiger partial charge in [0, 0.05) is 66.8 Å². The fourth-order valence-electron chi connectivity index (χ4n) is 9.68. The first-order valence-electron chi connectivity index (χ1n) is 21.7. The van der Waals surface area contributed by atoms with Gasteiger partial charge < -0.3 is 9.13 Å². The molecular formula is C58H41N5. The van der Waals surface area contributed by atoms with Gasteiger partial charge in [-0.25, -0.2) is 15.0 Å². The van der Waals surface area contributed by atoms with Crippen LogP contribution in [0.3, 0.4) is 0 Å². The maximum atomic E-state index is 5.23. The fraction of sp³-hybridized carbons (Fsp3) is 0.0517. The van der Waals surface area contributed by atoms with Crippen molar-refractivity contribution < 1.29 is 0 Å². The largest absolute Gasteiger partial charge is 0.311 e. The maximum Gasteiger partial charge on any atom is 0.164 e. The minimum absolute atomic E-state index is 0.270. The van der Waals surface area contributed by atoms with Crippen LogP contribution in [-0.4, -0.2) is 24.1 Å². The van der Waals surface area contributed by atoms with Crippen LogP contribution in [0.1, 0.15) is 30.5 Å². The van der Waals surface area contributed by atoms with E-state index in [1.54, 1.807) is 0 Å². The van der Waals surface area contributed by atoms with Crippen LogP contribution in [0.4, 0.5) is 0 Å². The highest BCUT2D eigenvalue weighted by molar-refractivity contribution is 6.09. The zero-order valence-corrected chi connectivity index (χ0v) is 34.7. The molecule has 0 N–H and O–H groups in total. The predicted octanol–water partition coefficient (Wildman–Crippen LogP) is 14.8. The summed E-state index contributed by atoms with van der Waals surface area (Å²) in [6.45, 7) is 2.37. The number of rotatable bonds is 7. The van der Waals surface area contributed by atoms with E-state index in [2.05, 4.69) is 192 Å². The van der Waals surface area contributed by atoms with Gasteiger partial charge in [-0.2, -0.15) is 0 Å². The Kier molecular flexibility index (Phi) is 8.78. The highest BCUT2D eigenvalue weighted by Crippen LogP contribution is 2.47. The topological polar surface area (TPSA) is 48.5 Å². The van der Waals surface area contributed by atoms with Crippen LogP contribution in [0.15, 0.2) is 206 Å². The van der Waals surface area contributed by atoms with E-state index in [1.165, 1.54) is 44.0 Å². The van der Waals surface area contributed by atoms with Crippen LogP contribution in [-0.2, 0) is 0 Å². The normalized spacial score (nSPS) is 13.5. The van der Waals surface area contributed by atoms with Gasteiger partial charge in [-0.1, -0.05) is 177 Å². The standard InChI is InChI=1S/C58H41N5/c1-38-19-18-30-47-50-37-44(62-51-31-16-14-28-45(51)46-29-15-17-32-52(46)62)33-34-53(50)63(54(38)47)55-48(39-20-6-2-7-21-39)35-43(36-49(55)40-22-8-3-9-23-40)58-60-56(41-24-10-4-11-25-41)59-57(61-58)42-26-12-5-13-27-42/h2-18,20-38H,19H2,1H3. The van der Waals surface area contributed by atoms with Crippen LogP contribution in [0.25, 0.3) is 107 Å². The van der Waals surface area contributed by atoms with Gasteiger partial charge in [0.25, 0.3) is 0 Å². The molecule has 0 saturated carbocycles. The molecule has 8 aromatic carbocycles. The van der Waals surface area contributed by atoms with Crippen molar-refractivity contribution >= 4 is 38.8 Å². The number of hydrogen-bond acceptors (Lipinski definition) is 3. The van der Waals surface area contributed by atoms with Crippen LogP contribution in [0, 0.1) is 0 Å². The molecule has 0 radical (unpaired) electrons. The van der Waals surface area contributed by atoms with Crippen LogP contribution in [0.2, 0.25) is 0 Å². The second-order valence-corrected chi connectivity index (χ2v) is 16.4. The van der Waals surface area contributed by atoms with E-state index in [0.717, 1.165) is 56.7 Å². The maximum absolute atomic E-state index is 5.23. The van der Waals surface area contributed by atoms with Gasteiger partial charge in [0.05, 0.1) is 22.2 Å². The lowest BCUT2D eigenvalue weighted by atomic mass is 9.90. The number of hydrogen-bond donors (Lipinski definition) is 0. The monoisotopic (exact) mass is 807 g/mol. The predicted molar refractivity (Wildman–Crippen MR) is 260 cm³/mol. The minimum Gasteiger partial charge on any atom is -0.311 e. The molecule has 5 nitrogen and oxygen atoms in total. The smallest absolute Gasteiger partial charge is 0.164 e. The Morgan fingerprint density at radius 2 is 0.857 bits per heavy atom. The Hall–Kier alpha value is -8.15. The van der Waals surface area contributed by atoms with Crippen molar-refractivity contribution in [2.45, 2.75) is 19.3 Å². The number of para-hydroxylation sites is 2. The zero-order valence-electron chi connectivity index (χ0n) is 34.7. The molecule has 12 rings (SSSR count). The third kappa shape index (κ3) is 6.20. The summed E-state index contributed by atoms with van der Waals surface area (Å²) in [6.07, 6.45) is 5.65. The molecule has 63 heavy (non-hydrogen) atoms. The summed E-state index contributed by atoms with van der Waals surface area (Å²) >= 11 is 0.